The zero-order valence-corrected chi connectivity index (χ0v) is 11.0. The summed E-state index contributed by atoms with van der Waals surface area (Å²) in [4.78, 5) is 2.20. The highest BCUT2D eigenvalue weighted by atomic mass is 19.1. The number of hydrogen-bond donors (Lipinski definition) is 2. The van der Waals surface area contributed by atoms with Crippen LogP contribution in [0.1, 0.15) is 30.5 Å². The van der Waals surface area contributed by atoms with Crippen LogP contribution in [0.25, 0.3) is 0 Å². The van der Waals surface area contributed by atoms with E-state index in [1.807, 2.05) is 13.0 Å². The molecule has 1 fully saturated rings. The van der Waals surface area contributed by atoms with Gasteiger partial charge in [0, 0.05) is 37.3 Å². The van der Waals surface area contributed by atoms with Crippen molar-refractivity contribution in [2.24, 2.45) is 11.7 Å². The van der Waals surface area contributed by atoms with E-state index in [2.05, 4.69) is 4.90 Å². The number of aliphatic hydroxyl groups excluding tert-OH is 1. The third kappa shape index (κ3) is 2.49. The van der Waals surface area contributed by atoms with Crippen molar-refractivity contribution >= 4 is 5.69 Å². The molecule has 1 aliphatic rings. The molecule has 1 aromatic rings. The fourth-order valence-corrected chi connectivity index (χ4v) is 2.52. The zero-order chi connectivity index (χ0) is 13.3. The van der Waals surface area contributed by atoms with Gasteiger partial charge in [0.15, 0.2) is 0 Å². The van der Waals surface area contributed by atoms with Crippen LogP contribution in [0.15, 0.2) is 12.1 Å². The van der Waals surface area contributed by atoms with Gasteiger partial charge in [0.1, 0.15) is 5.82 Å². The zero-order valence-electron chi connectivity index (χ0n) is 11.0. The lowest BCUT2D eigenvalue weighted by atomic mass is 10.0. The molecule has 0 radical (unpaired) electrons. The molecule has 2 atom stereocenters. The Morgan fingerprint density at radius 1 is 1.56 bits per heavy atom. The molecule has 1 aromatic carbocycles. The average molecular weight is 252 g/mol. The monoisotopic (exact) mass is 252 g/mol. The largest absolute Gasteiger partial charge is 0.396 e. The van der Waals surface area contributed by atoms with E-state index in [0.717, 1.165) is 30.8 Å². The maximum atomic E-state index is 13.6. The van der Waals surface area contributed by atoms with Gasteiger partial charge in [-0.15, -0.1) is 0 Å². The molecule has 1 unspecified atom stereocenters. The Kier molecular flexibility index (Phi) is 3.88. The second kappa shape index (κ2) is 5.24. The highest BCUT2D eigenvalue weighted by Gasteiger charge is 2.25. The molecule has 100 valence electrons. The summed E-state index contributed by atoms with van der Waals surface area (Å²) in [5.41, 5.74) is 8.42. The van der Waals surface area contributed by atoms with Crippen molar-refractivity contribution in [3.8, 4) is 0 Å². The molecule has 0 aliphatic carbocycles. The second-order valence-corrected chi connectivity index (χ2v) is 5.23. The van der Waals surface area contributed by atoms with Crippen molar-refractivity contribution in [3.63, 3.8) is 0 Å². The van der Waals surface area contributed by atoms with Crippen molar-refractivity contribution < 1.29 is 9.50 Å². The van der Waals surface area contributed by atoms with Gasteiger partial charge < -0.3 is 15.7 Å². The van der Waals surface area contributed by atoms with Crippen LogP contribution in [0.2, 0.25) is 0 Å². The molecule has 0 bridgehead atoms. The van der Waals surface area contributed by atoms with Crippen LogP contribution >= 0.6 is 0 Å². The standard InChI is InChI=1S/C14H21FN2O/c1-9-5-14(12(10(2)16)6-13(9)15)17-4-3-11(7-17)8-18/h5-6,10-11,18H,3-4,7-8,16H2,1-2H3/t10-,11?/m0/s1. The molecule has 3 N–H and O–H groups in total. The lowest BCUT2D eigenvalue weighted by Crippen LogP contribution is -2.23. The second-order valence-electron chi connectivity index (χ2n) is 5.23. The van der Waals surface area contributed by atoms with Gasteiger partial charge in [-0.05, 0) is 43.5 Å². The number of nitrogens with two attached hydrogens (primary N) is 1. The first kappa shape index (κ1) is 13.3. The van der Waals surface area contributed by atoms with E-state index in [4.69, 9.17) is 5.73 Å². The van der Waals surface area contributed by atoms with E-state index >= 15 is 0 Å². The van der Waals surface area contributed by atoms with Gasteiger partial charge in [0.05, 0.1) is 0 Å². The SMILES string of the molecule is Cc1cc(N2CCC(CO)C2)c([C@H](C)N)cc1F. The lowest BCUT2D eigenvalue weighted by Gasteiger charge is -2.24. The maximum absolute atomic E-state index is 13.6. The van der Waals surface area contributed by atoms with Crippen LogP contribution < -0.4 is 10.6 Å². The molecule has 0 saturated carbocycles. The maximum Gasteiger partial charge on any atom is 0.126 e. The van der Waals surface area contributed by atoms with E-state index < -0.39 is 0 Å². The molecule has 2 rings (SSSR count). The molecule has 0 aromatic heterocycles. The number of halogens is 1. The number of hydrogen-bond acceptors (Lipinski definition) is 3. The van der Waals surface area contributed by atoms with Crippen LogP contribution in [0.4, 0.5) is 10.1 Å². The minimum atomic E-state index is -0.205. The topological polar surface area (TPSA) is 49.5 Å². The molecule has 0 amide bonds. The average Bonchev–Trinajstić information content (AvgIpc) is 2.80. The summed E-state index contributed by atoms with van der Waals surface area (Å²) in [5, 5.41) is 9.20. The Bertz CT molecular complexity index is 434. The number of rotatable bonds is 3. The van der Waals surface area contributed by atoms with Crippen LogP contribution in [0.5, 0.6) is 0 Å². The van der Waals surface area contributed by atoms with Crippen molar-refractivity contribution in [3.05, 3.63) is 29.1 Å². The van der Waals surface area contributed by atoms with E-state index in [0.29, 0.717) is 11.5 Å². The van der Waals surface area contributed by atoms with E-state index in [1.165, 1.54) is 0 Å². The van der Waals surface area contributed by atoms with Crippen molar-refractivity contribution in [1.29, 1.82) is 0 Å². The number of nitrogens with zero attached hydrogens (tertiary/aromatic N) is 1. The number of aliphatic hydroxyl groups is 1. The van der Waals surface area contributed by atoms with E-state index in [-0.39, 0.29) is 18.5 Å². The summed E-state index contributed by atoms with van der Waals surface area (Å²) in [6, 6.07) is 3.22. The summed E-state index contributed by atoms with van der Waals surface area (Å²) in [6.45, 7) is 5.57. The van der Waals surface area contributed by atoms with Gasteiger partial charge in [-0.3, -0.25) is 0 Å². The third-order valence-electron chi connectivity index (χ3n) is 3.68. The van der Waals surface area contributed by atoms with E-state index in [1.54, 1.807) is 13.0 Å². The minimum Gasteiger partial charge on any atom is -0.396 e. The Balaban J connectivity index is 2.34. The molecule has 1 heterocycles. The van der Waals surface area contributed by atoms with Crippen molar-refractivity contribution in [1.82, 2.24) is 0 Å². The number of benzene rings is 1. The first-order valence-electron chi connectivity index (χ1n) is 6.44. The summed E-state index contributed by atoms with van der Waals surface area (Å²) in [7, 11) is 0. The normalized spacial score (nSPS) is 21.4. The minimum absolute atomic E-state index is 0.191. The quantitative estimate of drug-likeness (QED) is 0.864. The molecule has 1 saturated heterocycles. The summed E-state index contributed by atoms with van der Waals surface area (Å²) in [6.07, 6.45) is 0.977. The molecule has 4 heteroatoms. The first-order chi connectivity index (χ1) is 8.52. The lowest BCUT2D eigenvalue weighted by molar-refractivity contribution is 0.238. The van der Waals surface area contributed by atoms with Gasteiger partial charge in [-0.25, -0.2) is 4.39 Å². The van der Waals surface area contributed by atoms with E-state index in [9.17, 15) is 9.50 Å². The molecule has 0 spiro atoms. The summed E-state index contributed by atoms with van der Waals surface area (Å²) in [5.74, 6) is 0.111. The predicted molar refractivity (Wildman–Crippen MR) is 71.1 cm³/mol. The highest BCUT2D eigenvalue weighted by molar-refractivity contribution is 5.57. The predicted octanol–water partition coefficient (Wildman–Crippen LogP) is 1.97. The number of anilines is 1. The Hall–Kier alpha value is -1.13. The van der Waals surface area contributed by atoms with Crippen LogP contribution in [0.3, 0.4) is 0 Å². The molecular weight excluding hydrogens is 231 g/mol. The Morgan fingerprint density at radius 3 is 2.83 bits per heavy atom. The third-order valence-corrected chi connectivity index (χ3v) is 3.68. The van der Waals surface area contributed by atoms with Crippen LogP contribution in [0, 0.1) is 18.7 Å². The smallest absolute Gasteiger partial charge is 0.126 e. The Labute approximate surface area is 107 Å². The molecule has 1 aliphatic heterocycles. The molecular formula is C14H21FN2O. The highest BCUT2D eigenvalue weighted by Crippen LogP contribution is 2.32. The number of aryl methyl sites for hydroxylation is 1. The molecule has 3 nitrogen and oxygen atoms in total. The summed E-state index contributed by atoms with van der Waals surface area (Å²) < 4.78 is 13.6. The van der Waals surface area contributed by atoms with Crippen LogP contribution in [-0.2, 0) is 0 Å². The Morgan fingerprint density at radius 2 is 2.28 bits per heavy atom. The van der Waals surface area contributed by atoms with Gasteiger partial charge in [0.2, 0.25) is 0 Å². The first-order valence-corrected chi connectivity index (χ1v) is 6.44. The van der Waals surface area contributed by atoms with Crippen molar-refractivity contribution in [2.45, 2.75) is 26.3 Å². The van der Waals surface area contributed by atoms with Gasteiger partial charge in [-0.1, -0.05) is 0 Å². The van der Waals surface area contributed by atoms with Gasteiger partial charge >= 0.3 is 0 Å². The fraction of sp³-hybridized carbons (Fsp3) is 0.571. The van der Waals surface area contributed by atoms with Crippen LogP contribution in [-0.4, -0.2) is 24.8 Å². The van der Waals surface area contributed by atoms with Gasteiger partial charge in [-0.2, -0.15) is 0 Å². The van der Waals surface area contributed by atoms with Crippen molar-refractivity contribution in [2.75, 3.05) is 24.6 Å². The molecule has 18 heavy (non-hydrogen) atoms. The summed E-state index contributed by atoms with van der Waals surface area (Å²) >= 11 is 0. The fourth-order valence-electron chi connectivity index (χ4n) is 2.52. The van der Waals surface area contributed by atoms with Gasteiger partial charge in [0.25, 0.3) is 0 Å².